The Labute approximate surface area is 175 Å². The number of imidazole rings is 1. The Bertz CT molecular complexity index is 1490. The summed E-state index contributed by atoms with van der Waals surface area (Å²) in [6.07, 6.45) is 2.87. The third kappa shape index (κ3) is 3.11. The lowest BCUT2D eigenvalue weighted by Crippen LogP contribution is -2.26. The number of carbonyl (C=O) groups excluding carboxylic acids is 1. The van der Waals surface area contributed by atoms with Gasteiger partial charge in [0, 0.05) is 23.6 Å². The molecule has 8 heteroatoms. The molecule has 1 amide bonds. The van der Waals surface area contributed by atoms with Gasteiger partial charge in [-0.05, 0) is 42.5 Å². The van der Waals surface area contributed by atoms with Crippen LogP contribution in [0.2, 0.25) is 5.02 Å². The van der Waals surface area contributed by atoms with E-state index in [2.05, 4.69) is 20.3 Å². The number of H-pyrrole nitrogens is 1. The van der Waals surface area contributed by atoms with E-state index in [0.29, 0.717) is 22.2 Å². The Morgan fingerprint density at radius 3 is 2.77 bits per heavy atom. The molecule has 0 saturated carbocycles. The van der Waals surface area contributed by atoms with Gasteiger partial charge in [0.2, 0.25) is 0 Å². The van der Waals surface area contributed by atoms with Crippen LogP contribution in [-0.2, 0) is 0 Å². The molecule has 2 aromatic carbocycles. The van der Waals surface area contributed by atoms with Gasteiger partial charge in [-0.15, -0.1) is 0 Å². The zero-order valence-electron chi connectivity index (χ0n) is 15.5. The first-order chi connectivity index (χ1) is 14.6. The number of nitrogens with one attached hydrogen (secondary N) is 2. The fourth-order valence-corrected chi connectivity index (χ4v) is 3.47. The van der Waals surface area contributed by atoms with E-state index in [4.69, 9.17) is 11.6 Å². The monoisotopic (exact) mass is 415 g/mol. The van der Waals surface area contributed by atoms with Crippen molar-refractivity contribution >= 4 is 39.9 Å². The number of anilines is 1. The number of hydrogen-bond donors (Lipinski definition) is 2. The number of pyridine rings is 1. The highest BCUT2D eigenvalue weighted by atomic mass is 35.5. The van der Waals surface area contributed by atoms with E-state index in [-0.39, 0.29) is 5.56 Å². The number of aromatic nitrogens is 4. The summed E-state index contributed by atoms with van der Waals surface area (Å²) in [4.78, 5) is 37.2. The average molecular weight is 416 g/mol. The van der Waals surface area contributed by atoms with Crippen molar-refractivity contribution in [3.8, 4) is 11.4 Å². The van der Waals surface area contributed by atoms with E-state index in [9.17, 15) is 9.59 Å². The van der Waals surface area contributed by atoms with Crippen LogP contribution in [0.5, 0.6) is 0 Å². The molecule has 3 heterocycles. The summed E-state index contributed by atoms with van der Waals surface area (Å²) in [6.45, 7) is 0. The maximum Gasteiger partial charge on any atom is 0.270 e. The van der Waals surface area contributed by atoms with Crippen LogP contribution in [0.4, 0.5) is 5.69 Å². The number of rotatable bonds is 3. The molecule has 0 radical (unpaired) electrons. The van der Waals surface area contributed by atoms with Crippen LogP contribution < -0.4 is 10.9 Å². The fraction of sp³-hybridized carbons (Fsp3) is 0. The summed E-state index contributed by atoms with van der Waals surface area (Å²) in [5.74, 6) is 0.104. The van der Waals surface area contributed by atoms with Gasteiger partial charge in [0.25, 0.3) is 11.5 Å². The number of halogens is 1. The molecule has 0 fully saturated rings. The van der Waals surface area contributed by atoms with Crippen molar-refractivity contribution in [1.82, 2.24) is 19.4 Å². The highest BCUT2D eigenvalue weighted by Crippen LogP contribution is 2.28. The summed E-state index contributed by atoms with van der Waals surface area (Å²) in [7, 11) is 0. The molecule has 0 aliphatic heterocycles. The van der Waals surface area contributed by atoms with E-state index in [1.54, 1.807) is 48.7 Å². The first-order valence-corrected chi connectivity index (χ1v) is 9.50. The molecule has 0 aliphatic carbocycles. The number of hydrogen-bond acceptors (Lipinski definition) is 4. The number of amides is 1. The number of fused-ring (bicyclic) bond motifs is 2. The second kappa shape index (κ2) is 7.13. The molecular weight excluding hydrogens is 402 g/mol. The fourth-order valence-electron chi connectivity index (χ4n) is 3.25. The Morgan fingerprint density at radius 1 is 1.07 bits per heavy atom. The van der Waals surface area contributed by atoms with Gasteiger partial charge in [-0.1, -0.05) is 29.8 Å². The molecule has 7 nitrogen and oxygen atoms in total. The molecule has 0 unspecified atom stereocenters. The smallest absolute Gasteiger partial charge is 0.270 e. The third-order valence-corrected chi connectivity index (χ3v) is 5.06. The molecular formula is C22H14ClN5O2. The Morgan fingerprint density at radius 2 is 1.90 bits per heavy atom. The van der Waals surface area contributed by atoms with Crippen molar-refractivity contribution in [1.29, 1.82) is 0 Å². The molecule has 0 aliphatic rings. The van der Waals surface area contributed by atoms with Crippen LogP contribution in [0.25, 0.3) is 28.1 Å². The maximum atomic E-state index is 12.7. The standard InChI is InChI=1S/C22H14ClN5O2/c23-16-6-2-1-5-14(16)20-26-17-9-8-13(11-18(17)27-20)25-21(29)15-12-24-19-7-3-4-10-28(19)22(15)30/h1-12H,(H,25,29)(H,26,27). The second-order valence-electron chi connectivity index (χ2n) is 6.66. The molecule has 5 rings (SSSR count). The van der Waals surface area contributed by atoms with Crippen LogP contribution in [0.1, 0.15) is 10.4 Å². The average Bonchev–Trinajstić information content (AvgIpc) is 3.17. The van der Waals surface area contributed by atoms with Crippen LogP contribution in [0.15, 0.2) is 77.9 Å². The van der Waals surface area contributed by atoms with Gasteiger partial charge in [-0.2, -0.15) is 0 Å². The van der Waals surface area contributed by atoms with Gasteiger partial charge < -0.3 is 10.3 Å². The van der Waals surface area contributed by atoms with Crippen LogP contribution >= 0.6 is 11.6 Å². The van der Waals surface area contributed by atoms with Gasteiger partial charge in [-0.25, -0.2) is 9.97 Å². The van der Waals surface area contributed by atoms with Crippen molar-refractivity contribution in [2.75, 3.05) is 5.32 Å². The van der Waals surface area contributed by atoms with Crippen molar-refractivity contribution in [3.63, 3.8) is 0 Å². The molecule has 3 aromatic heterocycles. The van der Waals surface area contributed by atoms with E-state index >= 15 is 0 Å². The highest BCUT2D eigenvalue weighted by Gasteiger charge is 2.14. The molecule has 146 valence electrons. The minimum atomic E-state index is -0.532. The van der Waals surface area contributed by atoms with Gasteiger partial charge in [-0.3, -0.25) is 14.0 Å². The van der Waals surface area contributed by atoms with Gasteiger partial charge >= 0.3 is 0 Å². The number of benzene rings is 2. The Kier molecular flexibility index (Phi) is 4.30. The molecule has 5 aromatic rings. The zero-order valence-corrected chi connectivity index (χ0v) is 16.2. The predicted octanol–water partition coefficient (Wildman–Crippen LogP) is 4.14. The largest absolute Gasteiger partial charge is 0.338 e. The summed E-state index contributed by atoms with van der Waals surface area (Å²) < 4.78 is 1.34. The molecule has 0 atom stereocenters. The summed E-state index contributed by atoms with van der Waals surface area (Å²) >= 11 is 6.26. The number of aromatic amines is 1. The SMILES string of the molecule is O=C(Nc1ccc2nc(-c3ccccc3Cl)[nH]c2c1)c1cnc2ccccn2c1=O. The van der Waals surface area contributed by atoms with Gasteiger partial charge in [0.15, 0.2) is 0 Å². The third-order valence-electron chi connectivity index (χ3n) is 4.73. The quantitative estimate of drug-likeness (QED) is 0.463. The summed E-state index contributed by atoms with van der Waals surface area (Å²) in [5.41, 5.74) is 2.79. The Balaban J connectivity index is 1.47. The topological polar surface area (TPSA) is 92.2 Å². The molecule has 0 saturated heterocycles. The van der Waals surface area contributed by atoms with E-state index in [1.165, 1.54) is 10.6 Å². The summed E-state index contributed by atoms with van der Waals surface area (Å²) in [6, 6.07) is 17.9. The van der Waals surface area contributed by atoms with Gasteiger partial charge in [0.1, 0.15) is 17.0 Å². The molecule has 0 spiro atoms. The van der Waals surface area contributed by atoms with Crippen LogP contribution in [0.3, 0.4) is 0 Å². The van der Waals surface area contributed by atoms with Crippen molar-refractivity contribution in [2.45, 2.75) is 0 Å². The van der Waals surface area contributed by atoms with Crippen LogP contribution in [0, 0.1) is 0 Å². The maximum absolute atomic E-state index is 12.7. The van der Waals surface area contributed by atoms with Crippen molar-refractivity contribution in [3.05, 3.63) is 94.0 Å². The molecule has 30 heavy (non-hydrogen) atoms. The van der Waals surface area contributed by atoms with Gasteiger partial charge in [0.05, 0.1) is 16.1 Å². The molecule has 0 bridgehead atoms. The number of nitrogens with zero attached hydrogens (tertiary/aromatic N) is 3. The lowest BCUT2D eigenvalue weighted by atomic mass is 10.2. The lowest BCUT2D eigenvalue weighted by molar-refractivity contribution is 0.102. The molecule has 2 N–H and O–H groups in total. The summed E-state index contributed by atoms with van der Waals surface area (Å²) in [5, 5.41) is 3.34. The highest BCUT2D eigenvalue weighted by molar-refractivity contribution is 6.33. The first kappa shape index (κ1) is 18.1. The zero-order chi connectivity index (χ0) is 20.7. The second-order valence-corrected chi connectivity index (χ2v) is 7.06. The number of carbonyl (C=O) groups is 1. The van der Waals surface area contributed by atoms with E-state index in [1.807, 2.05) is 18.2 Å². The van der Waals surface area contributed by atoms with Crippen LogP contribution in [-0.4, -0.2) is 25.3 Å². The van der Waals surface area contributed by atoms with Crippen molar-refractivity contribution in [2.24, 2.45) is 0 Å². The first-order valence-electron chi connectivity index (χ1n) is 9.12. The predicted molar refractivity (Wildman–Crippen MR) is 116 cm³/mol. The lowest BCUT2D eigenvalue weighted by Gasteiger charge is -2.06. The Hall–Kier alpha value is -3.97. The minimum Gasteiger partial charge on any atom is -0.338 e. The van der Waals surface area contributed by atoms with E-state index < -0.39 is 11.5 Å². The normalized spacial score (nSPS) is 11.1. The van der Waals surface area contributed by atoms with Crippen molar-refractivity contribution < 1.29 is 4.79 Å². The van der Waals surface area contributed by atoms with E-state index in [0.717, 1.165) is 16.6 Å². The minimum absolute atomic E-state index is 0.0415.